The van der Waals surface area contributed by atoms with Gasteiger partial charge >= 0.3 is 18.0 Å². The molecule has 0 saturated carbocycles. The number of carbonyl (C=O) groups is 1. The van der Waals surface area contributed by atoms with E-state index >= 15 is 0 Å². The molecule has 0 saturated heterocycles. The molecule has 0 radical (unpaired) electrons. The van der Waals surface area contributed by atoms with Crippen LogP contribution in [0.2, 0.25) is 0 Å². The monoisotopic (exact) mass is 430 g/mol. The van der Waals surface area contributed by atoms with Crippen LogP contribution in [0.25, 0.3) is 5.57 Å². The molecule has 1 unspecified atom stereocenters. The number of methoxy groups -OCH3 is 1. The number of hydrogen-bond donors (Lipinski definition) is 0. The lowest BCUT2D eigenvalue weighted by molar-refractivity contribution is -0.362. The number of benzene rings is 1. The molecule has 162 valence electrons. The smallest absolute Gasteiger partial charge is 0.460 e. The number of aryl methyl sites for hydroxylation is 1. The van der Waals surface area contributed by atoms with Crippen molar-refractivity contribution in [3.05, 3.63) is 34.9 Å². The van der Waals surface area contributed by atoms with Crippen LogP contribution in [-0.4, -0.2) is 37.1 Å². The van der Waals surface area contributed by atoms with Gasteiger partial charge in [0.1, 0.15) is 5.75 Å². The topological polar surface area (TPSA) is 26.3 Å². The van der Waals surface area contributed by atoms with Gasteiger partial charge in [-0.3, -0.25) is 4.79 Å². The van der Waals surface area contributed by atoms with E-state index in [1.165, 1.54) is 26.2 Å². The minimum absolute atomic E-state index is 0.0638. The van der Waals surface area contributed by atoms with E-state index in [-0.39, 0.29) is 24.8 Å². The van der Waals surface area contributed by atoms with E-state index in [0.717, 1.165) is 0 Å². The van der Waals surface area contributed by atoms with Crippen LogP contribution < -0.4 is 4.74 Å². The summed E-state index contributed by atoms with van der Waals surface area (Å²) in [6.07, 6.45) is -10.7. The molecule has 10 heteroatoms. The highest BCUT2D eigenvalue weighted by atomic mass is 19.4. The van der Waals surface area contributed by atoms with Crippen molar-refractivity contribution in [3.8, 4) is 5.75 Å². The number of Topliss-reactive ketones (excluding diaryl/α,β-unsaturated/α-hetero) is 1. The zero-order chi connectivity index (χ0) is 22.2. The van der Waals surface area contributed by atoms with E-state index in [1.807, 2.05) is 0 Å². The predicted molar refractivity (Wildman–Crippen MR) is 89.0 cm³/mol. The number of halogens is 8. The van der Waals surface area contributed by atoms with Gasteiger partial charge in [-0.15, -0.1) is 0 Å². The third-order valence-corrected chi connectivity index (χ3v) is 4.85. The molecule has 1 aliphatic rings. The highest BCUT2D eigenvalue weighted by Gasteiger charge is 2.77. The first-order valence-corrected chi connectivity index (χ1v) is 8.69. The van der Waals surface area contributed by atoms with Gasteiger partial charge in [0.25, 0.3) is 0 Å². The number of rotatable bonds is 6. The fourth-order valence-electron chi connectivity index (χ4n) is 3.31. The van der Waals surface area contributed by atoms with E-state index in [9.17, 15) is 39.9 Å². The van der Waals surface area contributed by atoms with Gasteiger partial charge in [0.05, 0.1) is 7.11 Å². The molecule has 2 rings (SSSR count). The van der Waals surface area contributed by atoms with Crippen LogP contribution in [-0.2, 0) is 11.2 Å². The van der Waals surface area contributed by atoms with Crippen LogP contribution in [0, 0.1) is 0 Å². The Morgan fingerprint density at radius 3 is 2.24 bits per heavy atom. The zero-order valence-corrected chi connectivity index (χ0v) is 15.5. The number of alkyl halides is 8. The quantitative estimate of drug-likeness (QED) is 0.523. The van der Waals surface area contributed by atoms with Crippen molar-refractivity contribution in [2.24, 2.45) is 0 Å². The molecule has 1 atom stereocenters. The SMILES string of the molecule is CCC1=C(C(=O)C(F)C(F)(F)C(F)(F)C(F)(F)F)CCCc2cc(OC)ccc21. The van der Waals surface area contributed by atoms with E-state index in [4.69, 9.17) is 4.74 Å². The summed E-state index contributed by atoms with van der Waals surface area (Å²) in [6.45, 7) is 1.54. The number of carbonyl (C=O) groups excluding carboxylic acids is 1. The summed E-state index contributed by atoms with van der Waals surface area (Å²) in [5.74, 6) is -14.5. The van der Waals surface area contributed by atoms with Gasteiger partial charge in [0.2, 0.25) is 6.17 Å². The summed E-state index contributed by atoms with van der Waals surface area (Å²) in [7, 11) is 1.42. The molecule has 1 aliphatic carbocycles. The van der Waals surface area contributed by atoms with Gasteiger partial charge in [-0.05, 0) is 54.5 Å². The minimum atomic E-state index is -6.71. The summed E-state index contributed by atoms with van der Waals surface area (Å²) in [6, 6.07) is 4.67. The molecule has 0 aliphatic heterocycles. The Hall–Kier alpha value is -2.13. The van der Waals surface area contributed by atoms with Gasteiger partial charge in [0, 0.05) is 5.57 Å². The maximum Gasteiger partial charge on any atom is 0.460 e. The summed E-state index contributed by atoms with van der Waals surface area (Å²) in [5, 5.41) is 0. The van der Waals surface area contributed by atoms with Crippen molar-refractivity contribution < 1.29 is 44.7 Å². The van der Waals surface area contributed by atoms with E-state index in [0.29, 0.717) is 23.3 Å². The summed E-state index contributed by atoms with van der Waals surface area (Å²) in [4.78, 5) is 12.3. The van der Waals surface area contributed by atoms with Crippen LogP contribution in [0.4, 0.5) is 35.1 Å². The van der Waals surface area contributed by atoms with Crippen molar-refractivity contribution in [1.82, 2.24) is 0 Å². The van der Waals surface area contributed by atoms with Gasteiger partial charge in [-0.2, -0.15) is 30.7 Å². The van der Waals surface area contributed by atoms with Gasteiger partial charge < -0.3 is 4.74 Å². The summed E-state index contributed by atoms with van der Waals surface area (Å²) >= 11 is 0. The predicted octanol–water partition coefficient (Wildman–Crippen LogP) is 5.94. The fourth-order valence-corrected chi connectivity index (χ4v) is 3.31. The lowest BCUT2D eigenvalue weighted by atomic mass is 9.89. The fraction of sp³-hybridized carbons (Fsp3) is 0.526. The number of ether oxygens (including phenoxy) is 1. The number of ketones is 1. The standard InChI is InChI=1S/C19H18F8O2/c1-3-12-13-8-7-11(29-2)9-10(13)5-4-6-14(12)15(28)16(20)17(21,22)18(23,24)19(25,26)27/h7-9,16H,3-6H2,1-2H3. The molecule has 2 nitrogen and oxygen atoms in total. The first-order chi connectivity index (χ1) is 13.3. The third-order valence-electron chi connectivity index (χ3n) is 4.85. The molecule has 0 amide bonds. The molecule has 0 N–H and O–H groups in total. The highest BCUT2D eigenvalue weighted by Crippen LogP contribution is 2.49. The first-order valence-electron chi connectivity index (χ1n) is 8.69. The number of allylic oxidation sites excluding steroid dienone is 2. The van der Waals surface area contributed by atoms with Crippen LogP contribution in [0.15, 0.2) is 23.8 Å². The average Bonchev–Trinajstić information content (AvgIpc) is 2.83. The van der Waals surface area contributed by atoms with E-state index in [1.54, 1.807) is 6.07 Å². The number of hydrogen-bond acceptors (Lipinski definition) is 2. The molecule has 29 heavy (non-hydrogen) atoms. The lowest BCUT2D eigenvalue weighted by Crippen LogP contribution is -2.58. The van der Waals surface area contributed by atoms with Crippen molar-refractivity contribution in [2.45, 2.75) is 56.8 Å². The average molecular weight is 430 g/mol. The summed E-state index contributed by atoms with van der Waals surface area (Å²) in [5.41, 5.74) is 0.736. The number of fused-ring (bicyclic) bond motifs is 1. The Balaban J connectivity index is 2.52. The Kier molecular flexibility index (Phi) is 6.34. The largest absolute Gasteiger partial charge is 0.497 e. The van der Waals surface area contributed by atoms with E-state index < -0.39 is 35.5 Å². The van der Waals surface area contributed by atoms with Crippen LogP contribution in [0.3, 0.4) is 0 Å². The van der Waals surface area contributed by atoms with Crippen LogP contribution in [0.5, 0.6) is 5.75 Å². The Morgan fingerprint density at radius 2 is 1.72 bits per heavy atom. The molecule has 0 aromatic heterocycles. The van der Waals surface area contributed by atoms with Crippen molar-refractivity contribution in [2.75, 3.05) is 7.11 Å². The lowest BCUT2D eigenvalue weighted by Gasteiger charge is -2.30. The molecule has 1 aromatic rings. The maximum absolute atomic E-state index is 14.2. The zero-order valence-electron chi connectivity index (χ0n) is 15.5. The Bertz CT molecular complexity index is 811. The highest BCUT2D eigenvalue weighted by molar-refractivity contribution is 6.06. The van der Waals surface area contributed by atoms with Gasteiger partial charge in [-0.25, -0.2) is 4.39 Å². The Labute approximate surface area is 161 Å². The van der Waals surface area contributed by atoms with Crippen LogP contribution in [0.1, 0.15) is 37.3 Å². The molecule has 0 fully saturated rings. The van der Waals surface area contributed by atoms with Gasteiger partial charge in [-0.1, -0.05) is 13.0 Å². The summed E-state index contributed by atoms with van der Waals surface area (Å²) < 4.78 is 110. The molecule has 0 heterocycles. The molecule has 1 aromatic carbocycles. The first kappa shape index (κ1) is 23.2. The second kappa shape index (κ2) is 7.95. The second-order valence-corrected chi connectivity index (χ2v) is 6.61. The van der Waals surface area contributed by atoms with E-state index in [2.05, 4.69) is 0 Å². The van der Waals surface area contributed by atoms with Crippen molar-refractivity contribution >= 4 is 11.4 Å². The maximum atomic E-state index is 14.2. The van der Waals surface area contributed by atoms with Crippen LogP contribution >= 0.6 is 0 Å². The molecule has 0 spiro atoms. The molecular formula is C19H18F8O2. The van der Waals surface area contributed by atoms with Crippen molar-refractivity contribution in [1.29, 1.82) is 0 Å². The minimum Gasteiger partial charge on any atom is -0.497 e. The molecular weight excluding hydrogens is 412 g/mol. The second-order valence-electron chi connectivity index (χ2n) is 6.61. The Morgan fingerprint density at radius 1 is 1.10 bits per heavy atom. The van der Waals surface area contributed by atoms with Crippen molar-refractivity contribution in [3.63, 3.8) is 0 Å². The third kappa shape index (κ3) is 3.98. The molecule has 0 bridgehead atoms. The normalized spacial score (nSPS) is 16.9. The van der Waals surface area contributed by atoms with Gasteiger partial charge in [0.15, 0.2) is 5.78 Å².